The van der Waals surface area contributed by atoms with Crippen LogP contribution in [0.1, 0.15) is 52.2 Å². The molecule has 5 aromatic rings. The number of furan rings is 1. The third-order valence-electron chi connectivity index (χ3n) is 7.04. The van der Waals surface area contributed by atoms with Crippen LogP contribution in [0.4, 0.5) is 8.78 Å². The monoisotopic (exact) mass is 542 g/mol. The lowest BCUT2D eigenvalue weighted by molar-refractivity contribution is -0.623. The highest BCUT2D eigenvalue weighted by molar-refractivity contribution is 5.83. The molecule has 5 rings (SSSR count). The molecule has 0 saturated carbocycles. The van der Waals surface area contributed by atoms with E-state index >= 15 is 0 Å². The van der Waals surface area contributed by atoms with Crippen molar-refractivity contribution in [3.63, 3.8) is 0 Å². The standard InChI is InChI=1S/C32H28F2N2O4/c1-19-6-12-25(20(2)15-19)30(22-8-10-24(33)11-9-22)35-29(37)17-21-7-13-27-23(16-21)18-28(40-27)32(3,38)31-26(34)5-4-14-36(31)39/h4-16,18,30,38H,17H2,1-3H3,(H,35,37). The SMILES string of the molecule is Cc1ccc(C(NC(=O)Cc2ccc3oc(C(C)(O)c4c(F)ccc[n+]4[O-])cc3c2)c2ccc(F)cc2)c(C)c1. The quantitative estimate of drug-likeness (QED) is 0.205. The largest absolute Gasteiger partial charge is 0.618 e. The molecule has 0 aliphatic carbocycles. The Balaban J connectivity index is 1.41. The van der Waals surface area contributed by atoms with E-state index in [9.17, 15) is 23.9 Å². The number of hydrogen-bond donors (Lipinski definition) is 2. The molecule has 8 heteroatoms. The van der Waals surface area contributed by atoms with Crippen molar-refractivity contribution in [2.75, 3.05) is 0 Å². The predicted molar refractivity (Wildman–Crippen MR) is 146 cm³/mol. The minimum atomic E-state index is -2.03. The molecule has 0 saturated heterocycles. The first-order chi connectivity index (χ1) is 19.0. The molecule has 0 bridgehead atoms. The summed E-state index contributed by atoms with van der Waals surface area (Å²) >= 11 is 0. The van der Waals surface area contributed by atoms with Crippen LogP contribution >= 0.6 is 0 Å². The van der Waals surface area contributed by atoms with Crippen LogP contribution in [0.5, 0.6) is 0 Å². The summed E-state index contributed by atoms with van der Waals surface area (Å²) in [6.45, 7) is 5.25. The molecule has 0 radical (unpaired) electrons. The number of aromatic nitrogens is 1. The van der Waals surface area contributed by atoms with Crippen molar-refractivity contribution in [1.29, 1.82) is 0 Å². The summed E-state index contributed by atoms with van der Waals surface area (Å²) in [6, 6.07) is 20.5. The first kappa shape index (κ1) is 27.0. The molecule has 0 fully saturated rings. The molecule has 3 aromatic carbocycles. The Labute approximate surface area is 230 Å². The fraction of sp³-hybridized carbons (Fsp3) is 0.188. The fourth-order valence-electron chi connectivity index (χ4n) is 5.01. The van der Waals surface area contributed by atoms with E-state index in [1.54, 1.807) is 30.3 Å². The lowest BCUT2D eigenvalue weighted by Gasteiger charge is -2.22. The van der Waals surface area contributed by atoms with Gasteiger partial charge in [-0.1, -0.05) is 42.0 Å². The Morgan fingerprint density at radius 1 is 1.05 bits per heavy atom. The third-order valence-corrected chi connectivity index (χ3v) is 7.04. The van der Waals surface area contributed by atoms with Crippen LogP contribution in [0.3, 0.4) is 0 Å². The van der Waals surface area contributed by atoms with Crippen LogP contribution < -0.4 is 10.0 Å². The van der Waals surface area contributed by atoms with Gasteiger partial charge >= 0.3 is 0 Å². The normalized spacial score (nSPS) is 13.7. The van der Waals surface area contributed by atoms with Gasteiger partial charge in [0.2, 0.25) is 11.5 Å². The number of fused-ring (bicyclic) bond motifs is 1. The highest BCUT2D eigenvalue weighted by Gasteiger charge is 2.40. The van der Waals surface area contributed by atoms with Gasteiger partial charge in [-0.25, -0.2) is 4.39 Å². The second-order valence-electron chi connectivity index (χ2n) is 10.2. The Hall–Kier alpha value is -4.56. The summed E-state index contributed by atoms with van der Waals surface area (Å²) < 4.78 is 34.1. The molecular formula is C32H28F2N2O4. The first-order valence-corrected chi connectivity index (χ1v) is 12.8. The van der Waals surface area contributed by atoms with Crippen LogP contribution in [0.2, 0.25) is 0 Å². The second kappa shape index (κ2) is 10.5. The molecule has 204 valence electrons. The molecule has 2 N–H and O–H groups in total. The maximum atomic E-state index is 14.4. The van der Waals surface area contributed by atoms with Gasteiger partial charge in [-0.2, -0.15) is 9.12 Å². The van der Waals surface area contributed by atoms with E-state index in [1.807, 2.05) is 32.0 Å². The molecule has 6 nitrogen and oxygen atoms in total. The maximum absolute atomic E-state index is 14.4. The number of amides is 1. The number of nitrogens with one attached hydrogen (secondary N) is 1. The van der Waals surface area contributed by atoms with Crippen molar-refractivity contribution in [3.05, 3.63) is 141 Å². The molecule has 1 amide bonds. The van der Waals surface area contributed by atoms with Gasteiger partial charge in [-0.05, 0) is 79.4 Å². The Bertz CT molecular complexity index is 1690. The predicted octanol–water partition coefficient (Wildman–Crippen LogP) is 5.67. The number of nitrogens with zero attached hydrogens (tertiary/aromatic N) is 1. The molecule has 0 aliphatic rings. The number of pyridine rings is 1. The molecule has 2 heterocycles. The van der Waals surface area contributed by atoms with Crippen LogP contribution in [0, 0.1) is 30.7 Å². The molecule has 0 aliphatic heterocycles. The van der Waals surface area contributed by atoms with Crippen molar-refractivity contribution >= 4 is 16.9 Å². The maximum Gasteiger partial charge on any atom is 0.268 e. The third kappa shape index (κ3) is 5.31. The molecular weight excluding hydrogens is 514 g/mol. The van der Waals surface area contributed by atoms with E-state index in [4.69, 9.17) is 4.42 Å². The van der Waals surface area contributed by atoms with Crippen LogP contribution in [0.25, 0.3) is 11.0 Å². The molecule has 0 spiro atoms. The topological polar surface area (TPSA) is 89.4 Å². The molecule has 40 heavy (non-hydrogen) atoms. The van der Waals surface area contributed by atoms with E-state index in [0.717, 1.165) is 34.5 Å². The summed E-state index contributed by atoms with van der Waals surface area (Å²) in [6.07, 6.45) is 1.15. The molecule has 2 atom stereocenters. The number of benzene rings is 3. The van der Waals surface area contributed by atoms with Crippen molar-refractivity contribution in [3.8, 4) is 0 Å². The van der Waals surface area contributed by atoms with Gasteiger partial charge in [-0.3, -0.25) is 4.79 Å². The Morgan fingerprint density at radius 3 is 2.50 bits per heavy atom. The van der Waals surface area contributed by atoms with Gasteiger partial charge in [0.1, 0.15) is 17.2 Å². The number of carbonyl (C=O) groups is 1. The zero-order valence-corrected chi connectivity index (χ0v) is 22.2. The average molecular weight is 543 g/mol. The van der Waals surface area contributed by atoms with Gasteiger partial charge in [0.05, 0.1) is 12.5 Å². The Kier molecular flexibility index (Phi) is 7.12. The van der Waals surface area contributed by atoms with Crippen LogP contribution in [0.15, 0.2) is 89.5 Å². The van der Waals surface area contributed by atoms with E-state index in [2.05, 4.69) is 5.32 Å². The molecule has 2 unspecified atom stereocenters. The summed E-state index contributed by atoms with van der Waals surface area (Å²) in [7, 11) is 0. The summed E-state index contributed by atoms with van der Waals surface area (Å²) in [4.78, 5) is 13.2. The minimum Gasteiger partial charge on any atom is -0.618 e. The number of hydrogen-bond acceptors (Lipinski definition) is 4. The smallest absolute Gasteiger partial charge is 0.268 e. The zero-order valence-electron chi connectivity index (χ0n) is 22.2. The number of aliphatic hydroxyl groups is 1. The highest BCUT2D eigenvalue weighted by atomic mass is 19.1. The number of carbonyl (C=O) groups excluding carboxylic acids is 1. The van der Waals surface area contributed by atoms with Gasteiger partial charge in [-0.15, -0.1) is 0 Å². The lowest BCUT2D eigenvalue weighted by Crippen LogP contribution is -2.42. The van der Waals surface area contributed by atoms with E-state index in [0.29, 0.717) is 16.5 Å². The summed E-state index contributed by atoms with van der Waals surface area (Å²) in [5, 5.41) is 26.9. The number of aryl methyl sites for hydroxylation is 2. The van der Waals surface area contributed by atoms with Crippen molar-refractivity contribution < 1.29 is 27.8 Å². The first-order valence-electron chi connectivity index (χ1n) is 12.8. The van der Waals surface area contributed by atoms with E-state index in [1.165, 1.54) is 31.2 Å². The second-order valence-corrected chi connectivity index (χ2v) is 10.2. The van der Waals surface area contributed by atoms with Gasteiger partial charge in [0, 0.05) is 11.5 Å². The summed E-state index contributed by atoms with van der Waals surface area (Å²) in [5.74, 6) is -1.48. The van der Waals surface area contributed by atoms with Crippen molar-refractivity contribution in [2.45, 2.75) is 38.8 Å². The van der Waals surface area contributed by atoms with Crippen molar-refractivity contribution in [1.82, 2.24) is 5.32 Å². The van der Waals surface area contributed by atoms with Gasteiger partial charge in [0.25, 0.3) is 5.69 Å². The highest BCUT2D eigenvalue weighted by Crippen LogP contribution is 2.33. The van der Waals surface area contributed by atoms with E-state index in [-0.39, 0.29) is 28.6 Å². The number of rotatable bonds is 7. The van der Waals surface area contributed by atoms with E-state index < -0.39 is 23.2 Å². The van der Waals surface area contributed by atoms with Crippen molar-refractivity contribution in [2.24, 2.45) is 0 Å². The van der Waals surface area contributed by atoms with Crippen LogP contribution in [-0.2, 0) is 16.8 Å². The minimum absolute atomic E-state index is 0.00924. The number of halogens is 2. The summed E-state index contributed by atoms with van der Waals surface area (Å²) in [5.41, 5.74) is 2.34. The van der Waals surface area contributed by atoms with Gasteiger partial charge < -0.3 is 20.0 Å². The fourth-order valence-corrected chi connectivity index (χ4v) is 5.01. The average Bonchev–Trinajstić information content (AvgIpc) is 3.33. The Morgan fingerprint density at radius 2 is 1.80 bits per heavy atom. The van der Waals surface area contributed by atoms with Crippen LogP contribution in [-0.4, -0.2) is 11.0 Å². The van der Waals surface area contributed by atoms with Gasteiger partial charge in [0.15, 0.2) is 12.0 Å². The lowest BCUT2D eigenvalue weighted by atomic mass is 9.93. The zero-order chi connectivity index (χ0) is 28.6. The molecule has 2 aromatic heterocycles.